The van der Waals surface area contributed by atoms with E-state index < -0.39 is 11.9 Å². The molecule has 150 valence electrons. The van der Waals surface area contributed by atoms with E-state index in [9.17, 15) is 20.0 Å². The first-order valence-corrected chi connectivity index (χ1v) is 9.20. The summed E-state index contributed by atoms with van der Waals surface area (Å²) < 4.78 is 4.99. The van der Waals surface area contributed by atoms with Crippen LogP contribution in [0.25, 0.3) is 10.8 Å². The highest BCUT2D eigenvalue weighted by atomic mass is 16.5. The first kappa shape index (κ1) is 20.4. The molecule has 3 aromatic carbocycles. The van der Waals surface area contributed by atoms with E-state index in [0.29, 0.717) is 11.1 Å². The number of phenolic OH excluding ortho intramolecular Hbond substituents is 1. The zero-order chi connectivity index (χ0) is 21.5. The molecule has 0 saturated carbocycles. The maximum Gasteiger partial charge on any atom is 0.340 e. The summed E-state index contributed by atoms with van der Waals surface area (Å²) >= 11 is 0. The molecule has 0 saturated heterocycles. The van der Waals surface area contributed by atoms with Crippen molar-refractivity contribution in [3.8, 4) is 11.8 Å². The predicted molar refractivity (Wildman–Crippen MR) is 114 cm³/mol. The minimum absolute atomic E-state index is 0.133. The number of anilines is 2. The quantitative estimate of drug-likeness (QED) is 0.325. The zero-order valence-electron chi connectivity index (χ0n) is 16.2. The van der Waals surface area contributed by atoms with E-state index in [1.54, 1.807) is 55.5 Å². The number of carbonyl (C=O) groups excluding carboxylic acids is 2. The van der Waals surface area contributed by atoms with Crippen molar-refractivity contribution < 1.29 is 19.4 Å². The fourth-order valence-corrected chi connectivity index (χ4v) is 2.89. The molecule has 0 aliphatic heterocycles. The van der Waals surface area contributed by atoms with Crippen molar-refractivity contribution in [3.63, 3.8) is 0 Å². The van der Waals surface area contributed by atoms with Crippen molar-refractivity contribution in [2.75, 3.05) is 17.2 Å². The number of esters is 1. The van der Waals surface area contributed by atoms with E-state index in [-0.39, 0.29) is 29.2 Å². The maximum atomic E-state index is 12.6. The summed E-state index contributed by atoms with van der Waals surface area (Å²) in [6.07, 6.45) is 1.28. The summed E-state index contributed by atoms with van der Waals surface area (Å²) in [6.45, 7) is 1.89. The lowest BCUT2D eigenvalue weighted by Gasteiger charge is -2.10. The molecule has 3 rings (SSSR count). The van der Waals surface area contributed by atoms with Crippen molar-refractivity contribution >= 4 is 34.0 Å². The number of fused-ring (bicyclic) bond motifs is 1. The van der Waals surface area contributed by atoms with Gasteiger partial charge in [0.15, 0.2) is 0 Å². The van der Waals surface area contributed by atoms with Crippen LogP contribution in [0, 0.1) is 11.3 Å². The molecule has 0 aliphatic rings. The molecule has 3 N–H and O–H groups in total. The number of hydrogen-bond acceptors (Lipinski definition) is 6. The van der Waals surface area contributed by atoms with Gasteiger partial charge in [0.25, 0.3) is 5.91 Å². The van der Waals surface area contributed by atoms with Gasteiger partial charge in [-0.25, -0.2) is 4.79 Å². The molecule has 0 atom stereocenters. The lowest BCUT2D eigenvalue weighted by atomic mass is 10.1. The fourth-order valence-electron chi connectivity index (χ4n) is 2.89. The SMILES string of the molecule is CCOC(=O)c1ccccc1NC(=O)/C(C#N)=C\Nc1cccc2c(O)cccc12. The van der Waals surface area contributed by atoms with Gasteiger partial charge in [-0.3, -0.25) is 4.79 Å². The Labute approximate surface area is 173 Å². The highest BCUT2D eigenvalue weighted by Gasteiger charge is 2.16. The average Bonchev–Trinajstić information content (AvgIpc) is 2.75. The van der Waals surface area contributed by atoms with E-state index in [1.807, 2.05) is 12.1 Å². The lowest BCUT2D eigenvalue weighted by molar-refractivity contribution is -0.112. The second-order valence-electron chi connectivity index (χ2n) is 6.21. The normalized spacial score (nSPS) is 10.9. The monoisotopic (exact) mass is 401 g/mol. The van der Waals surface area contributed by atoms with Gasteiger partial charge in [-0.05, 0) is 31.2 Å². The van der Waals surface area contributed by atoms with Gasteiger partial charge in [0, 0.05) is 22.7 Å². The molecule has 0 spiro atoms. The number of ether oxygens (including phenoxy) is 1. The number of hydrogen-bond donors (Lipinski definition) is 3. The number of rotatable bonds is 6. The minimum Gasteiger partial charge on any atom is -0.507 e. The Morgan fingerprint density at radius 3 is 2.50 bits per heavy atom. The molecular formula is C23H19N3O4. The molecular weight excluding hydrogens is 382 g/mol. The second-order valence-corrected chi connectivity index (χ2v) is 6.21. The molecule has 0 heterocycles. The third-order valence-corrected chi connectivity index (χ3v) is 4.31. The smallest absolute Gasteiger partial charge is 0.340 e. The molecule has 1 amide bonds. The third-order valence-electron chi connectivity index (χ3n) is 4.31. The summed E-state index contributed by atoms with van der Waals surface area (Å²) in [6, 6.07) is 18.6. The first-order valence-electron chi connectivity index (χ1n) is 9.20. The Morgan fingerprint density at radius 1 is 1.03 bits per heavy atom. The van der Waals surface area contributed by atoms with Crippen LogP contribution in [0.1, 0.15) is 17.3 Å². The van der Waals surface area contributed by atoms with Gasteiger partial charge in [0.05, 0.1) is 17.9 Å². The Kier molecular flexibility index (Phi) is 6.30. The van der Waals surface area contributed by atoms with Crippen molar-refractivity contribution in [1.82, 2.24) is 0 Å². The Hall–Kier alpha value is -4.31. The summed E-state index contributed by atoms with van der Waals surface area (Å²) in [5.41, 5.74) is 0.876. The minimum atomic E-state index is -0.676. The number of amides is 1. The highest BCUT2D eigenvalue weighted by Crippen LogP contribution is 2.29. The van der Waals surface area contributed by atoms with Gasteiger partial charge in [0.2, 0.25) is 0 Å². The fraction of sp³-hybridized carbons (Fsp3) is 0.0870. The summed E-state index contributed by atoms with van der Waals surface area (Å²) in [7, 11) is 0. The van der Waals surface area contributed by atoms with Crippen molar-refractivity contribution in [1.29, 1.82) is 5.26 Å². The number of aromatic hydroxyl groups is 1. The van der Waals surface area contributed by atoms with Crippen molar-refractivity contribution in [3.05, 3.63) is 78.0 Å². The summed E-state index contributed by atoms with van der Waals surface area (Å²) in [4.78, 5) is 24.6. The zero-order valence-corrected chi connectivity index (χ0v) is 16.2. The van der Waals surface area contributed by atoms with Gasteiger partial charge in [-0.1, -0.05) is 36.4 Å². The van der Waals surface area contributed by atoms with Gasteiger partial charge in [-0.15, -0.1) is 0 Å². The molecule has 3 aromatic rings. The number of para-hydroxylation sites is 1. The van der Waals surface area contributed by atoms with Crippen LogP contribution in [0.3, 0.4) is 0 Å². The number of nitrogens with zero attached hydrogens (tertiary/aromatic N) is 1. The molecule has 30 heavy (non-hydrogen) atoms. The Bertz CT molecular complexity index is 1180. The molecule has 0 unspecified atom stereocenters. The first-order chi connectivity index (χ1) is 14.5. The molecule has 7 nitrogen and oxygen atoms in total. The van der Waals surface area contributed by atoms with Gasteiger partial charge in [-0.2, -0.15) is 5.26 Å². The Balaban J connectivity index is 1.83. The molecule has 0 bridgehead atoms. The molecule has 0 aliphatic carbocycles. The van der Waals surface area contributed by atoms with Crippen LogP contribution in [-0.2, 0) is 9.53 Å². The average molecular weight is 401 g/mol. The number of nitrogens with one attached hydrogen (secondary N) is 2. The highest BCUT2D eigenvalue weighted by molar-refractivity contribution is 6.10. The summed E-state index contributed by atoms with van der Waals surface area (Å²) in [5, 5.41) is 26.3. The van der Waals surface area contributed by atoms with Gasteiger partial charge < -0.3 is 20.5 Å². The van der Waals surface area contributed by atoms with Crippen LogP contribution >= 0.6 is 0 Å². The number of phenols is 1. The van der Waals surface area contributed by atoms with E-state index in [1.165, 1.54) is 12.3 Å². The second kappa shape index (κ2) is 9.26. The van der Waals surface area contributed by atoms with E-state index >= 15 is 0 Å². The number of carbonyl (C=O) groups is 2. The van der Waals surface area contributed by atoms with Crippen LogP contribution in [0.4, 0.5) is 11.4 Å². The third kappa shape index (κ3) is 4.39. The van der Waals surface area contributed by atoms with Crippen LogP contribution in [0.15, 0.2) is 72.4 Å². The molecule has 0 radical (unpaired) electrons. The van der Waals surface area contributed by atoms with Crippen LogP contribution in [0.2, 0.25) is 0 Å². The molecule has 0 fully saturated rings. The standard InChI is InChI=1S/C23H19N3O4/c1-2-30-23(29)18-7-3-4-10-20(18)26-22(28)15(13-24)14-25-19-11-5-9-17-16(19)8-6-12-21(17)27/h3-12,14,25,27H,2H2,1H3,(H,26,28)/b15-14-. The number of nitriles is 1. The largest absolute Gasteiger partial charge is 0.507 e. The topological polar surface area (TPSA) is 111 Å². The van der Waals surface area contributed by atoms with Crippen molar-refractivity contribution in [2.24, 2.45) is 0 Å². The van der Waals surface area contributed by atoms with E-state index in [2.05, 4.69) is 10.6 Å². The Morgan fingerprint density at radius 2 is 1.73 bits per heavy atom. The summed E-state index contributed by atoms with van der Waals surface area (Å²) in [5.74, 6) is -1.11. The van der Waals surface area contributed by atoms with Gasteiger partial charge in [0.1, 0.15) is 17.4 Å². The van der Waals surface area contributed by atoms with Crippen molar-refractivity contribution in [2.45, 2.75) is 6.92 Å². The molecule has 0 aromatic heterocycles. The molecule has 7 heteroatoms. The van der Waals surface area contributed by atoms with Gasteiger partial charge >= 0.3 is 5.97 Å². The van der Waals surface area contributed by atoms with E-state index in [0.717, 1.165) is 5.39 Å². The van der Waals surface area contributed by atoms with E-state index in [4.69, 9.17) is 4.74 Å². The predicted octanol–water partition coefficient (Wildman–Crippen LogP) is 4.18. The number of benzene rings is 3. The van der Waals surface area contributed by atoms with Crippen LogP contribution in [-0.4, -0.2) is 23.6 Å². The van der Waals surface area contributed by atoms with Crippen LogP contribution in [0.5, 0.6) is 5.75 Å². The lowest BCUT2D eigenvalue weighted by Crippen LogP contribution is -2.17. The van der Waals surface area contributed by atoms with Crippen LogP contribution < -0.4 is 10.6 Å². The maximum absolute atomic E-state index is 12.6.